The molecule has 0 aliphatic carbocycles. The predicted octanol–water partition coefficient (Wildman–Crippen LogP) is 3.80. The van der Waals surface area contributed by atoms with E-state index in [0.29, 0.717) is 42.0 Å². The molecule has 0 bridgehead atoms. The van der Waals surface area contributed by atoms with Crippen LogP contribution >= 0.6 is 0 Å². The molecule has 0 saturated carbocycles. The molecule has 9 nitrogen and oxygen atoms in total. The van der Waals surface area contributed by atoms with Crippen molar-refractivity contribution in [2.24, 2.45) is 0 Å². The van der Waals surface area contributed by atoms with Gasteiger partial charge in [-0.1, -0.05) is 12.1 Å². The van der Waals surface area contributed by atoms with Gasteiger partial charge in [0, 0.05) is 35.0 Å². The minimum Gasteiger partial charge on any atom is -0.444 e. The van der Waals surface area contributed by atoms with Crippen LogP contribution in [-0.4, -0.2) is 39.2 Å². The van der Waals surface area contributed by atoms with Crippen LogP contribution in [0.4, 0.5) is 11.4 Å². The summed E-state index contributed by atoms with van der Waals surface area (Å²) in [5.41, 5.74) is 2.05. The molecule has 2 amide bonds. The maximum Gasteiger partial charge on any atom is 0.272 e. The Kier molecular flexibility index (Phi) is 5.48. The molecule has 1 unspecified atom stereocenters. The van der Waals surface area contributed by atoms with Crippen LogP contribution in [0.25, 0.3) is 11.3 Å². The zero-order chi connectivity index (χ0) is 22.0. The molecule has 1 fully saturated rings. The van der Waals surface area contributed by atoms with Gasteiger partial charge in [-0.15, -0.1) is 0 Å². The molecule has 1 aliphatic heterocycles. The first kappa shape index (κ1) is 20.3. The highest BCUT2D eigenvalue weighted by molar-refractivity contribution is 6.02. The van der Waals surface area contributed by atoms with E-state index in [2.05, 4.69) is 10.3 Å². The quantitative estimate of drug-likeness (QED) is 0.495. The average Bonchev–Trinajstić information content (AvgIpc) is 3.45. The van der Waals surface area contributed by atoms with E-state index in [1.165, 1.54) is 29.5 Å². The highest BCUT2D eigenvalue weighted by Crippen LogP contribution is 2.26. The number of aryl methyl sites for hydroxylation is 1. The number of rotatable bonds is 5. The van der Waals surface area contributed by atoms with E-state index >= 15 is 0 Å². The van der Waals surface area contributed by atoms with Gasteiger partial charge in [0.15, 0.2) is 12.2 Å². The van der Waals surface area contributed by atoms with Crippen molar-refractivity contribution in [3.8, 4) is 11.3 Å². The molecule has 1 saturated heterocycles. The molecule has 1 N–H and O–H groups in total. The Morgan fingerprint density at radius 1 is 1.26 bits per heavy atom. The van der Waals surface area contributed by atoms with E-state index in [1.807, 2.05) is 6.07 Å². The second kappa shape index (κ2) is 8.39. The molecule has 4 rings (SSSR count). The minimum absolute atomic E-state index is 0.0427. The Morgan fingerprint density at radius 2 is 2.10 bits per heavy atom. The lowest BCUT2D eigenvalue weighted by Gasteiger charge is -2.24. The van der Waals surface area contributed by atoms with Crippen LogP contribution < -0.4 is 5.32 Å². The standard InChI is InChI=1S/C22H20N4O5/c1-14-10-16(7-8-18(14)26(29)30)22(28)25-9-3-6-19(25)21(27)24-17-5-2-4-15(11-17)20-12-23-13-31-20/h2,4-5,7-8,10-13,19H,3,6,9H2,1H3,(H,24,27). The minimum atomic E-state index is -0.614. The van der Waals surface area contributed by atoms with Crippen LogP contribution in [0.2, 0.25) is 0 Å². The Labute approximate surface area is 177 Å². The fraction of sp³-hybridized carbons (Fsp3) is 0.227. The van der Waals surface area contributed by atoms with Gasteiger partial charge < -0.3 is 14.6 Å². The van der Waals surface area contributed by atoms with E-state index in [0.717, 1.165) is 5.56 Å². The molecule has 0 spiro atoms. The molecule has 1 aromatic heterocycles. The number of hydrogen-bond acceptors (Lipinski definition) is 6. The monoisotopic (exact) mass is 420 g/mol. The van der Waals surface area contributed by atoms with E-state index in [1.54, 1.807) is 31.3 Å². The van der Waals surface area contributed by atoms with Gasteiger partial charge in [-0.05, 0) is 44.0 Å². The van der Waals surface area contributed by atoms with Crippen molar-refractivity contribution in [3.63, 3.8) is 0 Å². The molecule has 1 aliphatic rings. The molecule has 0 radical (unpaired) electrons. The number of nitrogens with zero attached hydrogens (tertiary/aromatic N) is 3. The SMILES string of the molecule is Cc1cc(C(=O)N2CCCC2C(=O)Nc2cccc(-c3cnco3)c2)ccc1[N+](=O)[O-]. The Morgan fingerprint density at radius 3 is 2.81 bits per heavy atom. The van der Waals surface area contributed by atoms with Gasteiger partial charge in [0.05, 0.1) is 11.1 Å². The topological polar surface area (TPSA) is 119 Å². The molecule has 1 atom stereocenters. The fourth-order valence-corrected chi connectivity index (χ4v) is 3.78. The predicted molar refractivity (Wildman–Crippen MR) is 112 cm³/mol. The molecular weight excluding hydrogens is 400 g/mol. The molecule has 3 aromatic rings. The van der Waals surface area contributed by atoms with E-state index in [9.17, 15) is 19.7 Å². The number of carbonyl (C=O) groups excluding carboxylic acids is 2. The van der Waals surface area contributed by atoms with Crippen molar-refractivity contribution in [1.82, 2.24) is 9.88 Å². The average molecular weight is 420 g/mol. The third-order valence-electron chi connectivity index (χ3n) is 5.30. The molecule has 31 heavy (non-hydrogen) atoms. The van der Waals surface area contributed by atoms with Gasteiger partial charge in [0.2, 0.25) is 5.91 Å². The number of amides is 2. The van der Waals surface area contributed by atoms with Gasteiger partial charge in [0.25, 0.3) is 11.6 Å². The highest BCUT2D eigenvalue weighted by Gasteiger charge is 2.35. The van der Waals surface area contributed by atoms with Crippen molar-refractivity contribution in [2.45, 2.75) is 25.8 Å². The normalized spacial score (nSPS) is 15.6. The van der Waals surface area contributed by atoms with E-state index in [4.69, 9.17) is 4.42 Å². The summed E-state index contributed by atoms with van der Waals surface area (Å²) < 4.78 is 5.29. The largest absolute Gasteiger partial charge is 0.444 e. The van der Waals surface area contributed by atoms with Gasteiger partial charge in [-0.25, -0.2) is 4.98 Å². The zero-order valence-electron chi connectivity index (χ0n) is 16.8. The third-order valence-corrected chi connectivity index (χ3v) is 5.30. The maximum absolute atomic E-state index is 13.0. The summed E-state index contributed by atoms with van der Waals surface area (Å²) in [6.45, 7) is 2.04. The number of nitro benzene ring substituents is 1. The third kappa shape index (κ3) is 4.16. The van der Waals surface area contributed by atoms with Crippen molar-refractivity contribution in [3.05, 3.63) is 76.3 Å². The lowest BCUT2D eigenvalue weighted by molar-refractivity contribution is -0.385. The number of nitrogens with one attached hydrogen (secondary N) is 1. The first-order chi connectivity index (χ1) is 14.9. The van der Waals surface area contributed by atoms with Crippen LogP contribution in [0.15, 0.2) is 59.5 Å². The van der Waals surface area contributed by atoms with Crippen LogP contribution in [0.3, 0.4) is 0 Å². The number of benzene rings is 2. The molecular formula is C22H20N4O5. The summed E-state index contributed by atoms with van der Waals surface area (Å²) in [6, 6.07) is 10.8. The maximum atomic E-state index is 13.0. The smallest absolute Gasteiger partial charge is 0.272 e. The number of carbonyl (C=O) groups is 2. The highest BCUT2D eigenvalue weighted by atomic mass is 16.6. The van der Waals surface area contributed by atoms with Crippen LogP contribution in [0, 0.1) is 17.0 Å². The summed E-state index contributed by atoms with van der Waals surface area (Å²) in [6.07, 6.45) is 4.17. The second-order valence-corrected chi connectivity index (χ2v) is 7.35. The Bertz CT molecular complexity index is 1140. The first-order valence-corrected chi connectivity index (χ1v) is 9.80. The number of likely N-dealkylation sites (tertiary alicyclic amines) is 1. The van der Waals surface area contributed by atoms with Crippen LogP contribution in [-0.2, 0) is 4.79 Å². The van der Waals surface area contributed by atoms with Gasteiger partial charge in [-0.3, -0.25) is 19.7 Å². The number of anilines is 1. The summed E-state index contributed by atoms with van der Waals surface area (Å²) in [7, 11) is 0. The Balaban J connectivity index is 1.50. The van der Waals surface area contributed by atoms with Crippen molar-refractivity contribution in [2.75, 3.05) is 11.9 Å². The van der Waals surface area contributed by atoms with Gasteiger partial charge >= 0.3 is 0 Å². The molecule has 9 heteroatoms. The molecule has 158 valence electrons. The van der Waals surface area contributed by atoms with Crippen molar-refractivity contribution >= 4 is 23.2 Å². The number of nitro groups is 1. The van der Waals surface area contributed by atoms with E-state index in [-0.39, 0.29) is 17.5 Å². The second-order valence-electron chi connectivity index (χ2n) is 7.35. The summed E-state index contributed by atoms with van der Waals surface area (Å²) in [5, 5.41) is 13.9. The summed E-state index contributed by atoms with van der Waals surface area (Å²) >= 11 is 0. The van der Waals surface area contributed by atoms with Crippen molar-refractivity contribution < 1.29 is 18.9 Å². The van der Waals surface area contributed by atoms with Crippen LogP contribution in [0.1, 0.15) is 28.8 Å². The van der Waals surface area contributed by atoms with Crippen LogP contribution in [0.5, 0.6) is 0 Å². The van der Waals surface area contributed by atoms with E-state index < -0.39 is 11.0 Å². The number of aromatic nitrogens is 1. The Hall–Kier alpha value is -4.01. The number of hydrogen-bond donors (Lipinski definition) is 1. The van der Waals surface area contributed by atoms with Gasteiger partial charge in [-0.2, -0.15) is 0 Å². The lowest BCUT2D eigenvalue weighted by atomic mass is 10.1. The molecule has 2 heterocycles. The summed E-state index contributed by atoms with van der Waals surface area (Å²) in [5.74, 6) is -0.00688. The lowest BCUT2D eigenvalue weighted by Crippen LogP contribution is -2.43. The molecule has 2 aromatic carbocycles. The zero-order valence-corrected chi connectivity index (χ0v) is 16.8. The fourth-order valence-electron chi connectivity index (χ4n) is 3.78. The van der Waals surface area contributed by atoms with Gasteiger partial charge in [0.1, 0.15) is 6.04 Å². The number of oxazole rings is 1. The first-order valence-electron chi connectivity index (χ1n) is 9.80. The summed E-state index contributed by atoms with van der Waals surface area (Å²) in [4.78, 5) is 41.9. The van der Waals surface area contributed by atoms with Crippen molar-refractivity contribution in [1.29, 1.82) is 0 Å².